The fourth-order valence-electron chi connectivity index (χ4n) is 0.823. The summed E-state index contributed by atoms with van der Waals surface area (Å²) in [7, 11) is 0. The third-order valence-electron chi connectivity index (χ3n) is 1.39. The number of hydrogen-bond donors (Lipinski definition) is 2. The maximum Gasteiger partial charge on any atom is 0.354 e. The Hall–Kier alpha value is -1.78. The minimum absolute atomic E-state index is 0.0716. The van der Waals surface area contributed by atoms with Crippen molar-refractivity contribution in [3.63, 3.8) is 0 Å². The number of nitrogens with zero attached hydrogens (tertiary/aromatic N) is 1. The second kappa shape index (κ2) is 3.75. The molecule has 0 radical (unpaired) electrons. The molecule has 0 unspecified atom stereocenters. The zero-order chi connectivity index (χ0) is 9.84. The van der Waals surface area contributed by atoms with Gasteiger partial charge in [-0.05, 0) is 19.1 Å². The molecule has 1 aromatic rings. The summed E-state index contributed by atoms with van der Waals surface area (Å²) in [6.07, 6.45) is 0. The third kappa shape index (κ3) is 2.08. The predicted octanol–water partition coefficient (Wildman–Crippen LogP) is 0.761. The molecule has 0 aliphatic carbocycles. The quantitative estimate of drug-likeness (QED) is 0.720. The molecule has 0 saturated carbocycles. The van der Waals surface area contributed by atoms with Crippen LogP contribution < -0.4 is 10.5 Å². The number of carboxylic acids is 1. The molecule has 0 aliphatic heterocycles. The van der Waals surface area contributed by atoms with Crippen LogP contribution in [0.4, 0.5) is 5.69 Å². The van der Waals surface area contributed by atoms with E-state index in [9.17, 15) is 4.79 Å². The van der Waals surface area contributed by atoms with Gasteiger partial charge < -0.3 is 15.6 Å². The van der Waals surface area contributed by atoms with Gasteiger partial charge in [-0.3, -0.25) is 0 Å². The van der Waals surface area contributed by atoms with Crippen molar-refractivity contribution in [3.05, 3.63) is 17.8 Å². The lowest BCUT2D eigenvalue weighted by Crippen LogP contribution is -2.05. The summed E-state index contributed by atoms with van der Waals surface area (Å²) in [6.45, 7) is 2.18. The largest absolute Gasteiger partial charge is 0.477 e. The van der Waals surface area contributed by atoms with Crippen LogP contribution in [0.5, 0.6) is 5.88 Å². The first-order valence-electron chi connectivity index (χ1n) is 3.77. The second-order valence-electron chi connectivity index (χ2n) is 2.33. The van der Waals surface area contributed by atoms with Gasteiger partial charge in [-0.15, -0.1) is 0 Å². The highest BCUT2D eigenvalue weighted by molar-refractivity contribution is 5.86. The minimum atomic E-state index is -1.10. The number of pyridine rings is 1. The molecule has 13 heavy (non-hydrogen) atoms. The molecule has 0 atom stereocenters. The van der Waals surface area contributed by atoms with Crippen LogP contribution in [0.2, 0.25) is 0 Å². The maximum atomic E-state index is 10.5. The number of nitrogens with two attached hydrogens (primary N) is 1. The van der Waals surface area contributed by atoms with E-state index >= 15 is 0 Å². The maximum absolute atomic E-state index is 10.5. The number of aromatic carboxylic acids is 1. The number of anilines is 1. The molecule has 5 heteroatoms. The topological polar surface area (TPSA) is 85.4 Å². The number of carboxylic acid groups (broad SMARTS) is 1. The summed E-state index contributed by atoms with van der Waals surface area (Å²) in [4.78, 5) is 14.2. The van der Waals surface area contributed by atoms with Crippen LogP contribution in [0, 0.1) is 0 Å². The number of carbonyl (C=O) groups is 1. The smallest absolute Gasteiger partial charge is 0.354 e. The molecule has 3 N–H and O–H groups in total. The van der Waals surface area contributed by atoms with E-state index in [0.717, 1.165) is 0 Å². The Morgan fingerprint density at radius 2 is 2.38 bits per heavy atom. The van der Waals surface area contributed by atoms with Gasteiger partial charge in [0.25, 0.3) is 0 Å². The monoisotopic (exact) mass is 182 g/mol. The predicted molar refractivity (Wildman–Crippen MR) is 46.8 cm³/mol. The first-order chi connectivity index (χ1) is 6.15. The molecule has 5 nitrogen and oxygen atoms in total. The first-order valence-corrected chi connectivity index (χ1v) is 3.77. The van der Waals surface area contributed by atoms with Crippen LogP contribution in [0.15, 0.2) is 12.1 Å². The van der Waals surface area contributed by atoms with Gasteiger partial charge in [0.15, 0.2) is 5.69 Å². The van der Waals surface area contributed by atoms with Gasteiger partial charge in [-0.25, -0.2) is 9.78 Å². The van der Waals surface area contributed by atoms with E-state index in [1.165, 1.54) is 12.1 Å². The van der Waals surface area contributed by atoms with Crippen molar-refractivity contribution in [2.45, 2.75) is 6.92 Å². The molecule has 0 aromatic carbocycles. The SMILES string of the molecule is CCOc1nc(C(=O)O)ccc1N. The summed E-state index contributed by atoms with van der Waals surface area (Å²) in [6, 6.07) is 2.79. The standard InChI is InChI=1S/C8H10N2O3/c1-2-13-7-5(9)3-4-6(10-7)8(11)12/h3-4H,2,9H2,1H3,(H,11,12). The Balaban J connectivity index is 3.03. The van der Waals surface area contributed by atoms with Crippen LogP contribution in [0.1, 0.15) is 17.4 Å². The average molecular weight is 182 g/mol. The van der Waals surface area contributed by atoms with Crippen molar-refractivity contribution in [3.8, 4) is 5.88 Å². The highest BCUT2D eigenvalue weighted by Gasteiger charge is 2.08. The molecule has 0 spiro atoms. The first kappa shape index (κ1) is 9.31. The Bertz CT molecular complexity index is 325. The molecule has 0 fully saturated rings. The molecule has 1 aromatic heterocycles. The van der Waals surface area contributed by atoms with Gasteiger partial charge in [-0.2, -0.15) is 0 Å². The summed E-state index contributed by atoms with van der Waals surface area (Å²) in [5.74, 6) is -0.927. The van der Waals surface area contributed by atoms with Crippen molar-refractivity contribution in [2.75, 3.05) is 12.3 Å². The van der Waals surface area contributed by atoms with Crippen LogP contribution in [-0.4, -0.2) is 22.7 Å². The van der Waals surface area contributed by atoms with Gasteiger partial charge in [0, 0.05) is 0 Å². The molecule has 1 rings (SSSR count). The van der Waals surface area contributed by atoms with Crippen LogP contribution in [0.3, 0.4) is 0 Å². The van der Waals surface area contributed by atoms with Crippen LogP contribution in [-0.2, 0) is 0 Å². The van der Waals surface area contributed by atoms with E-state index in [4.69, 9.17) is 15.6 Å². The minimum Gasteiger partial charge on any atom is -0.477 e. The highest BCUT2D eigenvalue weighted by atomic mass is 16.5. The average Bonchev–Trinajstić information content (AvgIpc) is 2.08. The summed E-state index contributed by atoms with van der Waals surface area (Å²) >= 11 is 0. The summed E-state index contributed by atoms with van der Waals surface area (Å²) < 4.78 is 5.03. The fraction of sp³-hybridized carbons (Fsp3) is 0.250. The molecule has 0 saturated heterocycles. The Kier molecular flexibility index (Phi) is 2.69. The van der Waals surface area contributed by atoms with E-state index in [1.54, 1.807) is 6.92 Å². The van der Waals surface area contributed by atoms with Crippen LogP contribution >= 0.6 is 0 Å². The van der Waals surface area contributed by atoms with Crippen molar-refractivity contribution in [1.82, 2.24) is 4.98 Å². The van der Waals surface area contributed by atoms with Gasteiger partial charge in [0.1, 0.15) is 0 Å². The molecular formula is C8H10N2O3. The third-order valence-corrected chi connectivity index (χ3v) is 1.39. The van der Waals surface area contributed by atoms with E-state index in [2.05, 4.69) is 4.98 Å². The lowest BCUT2D eigenvalue weighted by atomic mass is 10.3. The van der Waals surface area contributed by atoms with Crippen molar-refractivity contribution in [1.29, 1.82) is 0 Å². The molecule has 70 valence electrons. The normalized spacial score (nSPS) is 9.62. The zero-order valence-corrected chi connectivity index (χ0v) is 7.15. The van der Waals surface area contributed by atoms with Gasteiger partial charge in [0.2, 0.25) is 5.88 Å². The molecule has 0 amide bonds. The lowest BCUT2D eigenvalue weighted by Gasteiger charge is -2.05. The highest BCUT2D eigenvalue weighted by Crippen LogP contribution is 2.18. The molecular weight excluding hydrogens is 172 g/mol. The fourth-order valence-corrected chi connectivity index (χ4v) is 0.823. The van der Waals surface area contributed by atoms with E-state index in [-0.39, 0.29) is 11.6 Å². The Morgan fingerprint density at radius 1 is 1.69 bits per heavy atom. The van der Waals surface area contributed by atoms with E-state index < -0.39 is 5.97 Å². The van der Waals surface area contributed by atoms with Crippen molar-refractivity contribution >= 4 is 11.7 Å². The van der Waals surface area contributed by atoms with E-state index in [1.807, 2.05) is 0 Å². The van der Waals surface area contributed by atoms with Crippen LogP contribution in [0.25, 0.3) is 0 Å². The molecule has 0 aliphatic rings. The Labute approximate surface area is 75.2 Å². The lowest BCUT2D eigenvalue weighted by molar-refractivity contribution is 0.0689. The van der Waals surface area contributed by atoms with Crippen molar-refractivity contribution in [2.24, 2.45) is 0 Å². The number of rotatable bonds is 3. The Morgan fingerprint density at radius 3 is 2.92 bits per heavy atom. The number of aromatic nitrogens is 1. The second-order valence-corrected chi connectivity index (χ2v) is 2.33. The number of hydrogen-bond acceptors (Lipinski definition) is 4. The van der Waals surface area contributed by atoms with Gasteiger partial charge >= 0.3 is 5.97 Å². The number of ether oxygens (including phenoxy) is 1. The molecule has 0 bridgehead atoms. The summed E-state index contributed by atoms with van der Waals surface area (Å²) in [5.41, 5.74) is 5.76. The van der Waals surface area contributed by atoms with E-state index in [0.29, 0.717) is 12.3 Å². The van der Waals surface area contributed by atoms with Gasteiger partial charge in [0.05, 0.1) is 12.3 Å². The van der Waals surface area contributed by atoms with Crippen molar-refractivity contribution < 1.29 is 14.6 Å². The number of nitrogen functional groups attached to an aromatic ring is 1. The molecule has 1 heterocycles. The van der Waals surface area contributed by atoms with Gasteiger partial charge in [-0.1, -0.05) is 0 Å². The summed E-state index contributed by atoms with van der Waals surface area (Å²) in [5, 5.41) is 8.61. The zero-order valence-electron chi connectivity index (χ0n) is 7.15.